The summed E-state index contributed by atoms with van der Waals surface area (Å²) in [6, 6.07) is 3.75. The summed E-state index contributed by atoms with van der Waals surface area (Å²) in [4.78, 5) is 16.3. The van der Waals surface area contributed by atoms with Gasteiger partial charge in [-0.25, -0.2) is 4.79 Å². The minimum absolute atomic E-state index is 0.192. The smallest absolute Gasteiger partial charge is 0.373 e. The molecule has 0 radical (unpaired) electrons. The van der Waals surface area contributed by atoms with Gasteiger partial charge in [-0.2, -0.15) is 0 Å². The molecule has 0 aliphatic carbocycles. The maximum absolute atomic E-state index is 11.4. The highest BCUT2D eigenvalue weighted by molar-refractivity contribution is 5.86. The van der Waals surface area contributed by atoms with E-state index in [0.29, 0.717) is 0 Å². The van der Waals surface area contributed by atoms with Crippen molar-refractivity contribution in [3.8, 4) is 0 Å². The Kier molecular flexibility index (Phi) is 5.20. The molecule has 5 heteroatoms. The summed E-state index contributed by atoms with van der Waals surface area (Å²) >= 11 is 0. The Morgan fingerprint density at radius 1 is 1.35 bits per heavy atom. The second-order valence-electron chi connectivity index (χ2n) is 5.25. The molecule has 1 aromatic heterocycles. The average Bonchev–Trinajstić information content (AvgIpc) is 2.96. The van der Waals surface area contributed by atoms with E-state index >= 15 is 0 Å². The third kappa shape index (κ3) is 3.41. The van der Waals surface area contributed by atoms with Gasteiger partial charge in [0, 0.05) is 26.2 Å². The van der Waals surface area contributed by atoms with Gasteiger partial charge < -0.3 is 14.1 Å². The first-order valence-corrected chi connectivity index (χ1v) is 7.30. The van der Waals surface area contributed by atoms with E-state index in [-0.39, 0.29) is 11.8 Å². The highest BCUT2D eigenvalue weighted by Crippen LogP contribution is 2.24. The van der Waals surface area contributed by atoms with Gasteiger partial charge in [0.25, 0.3) is 0 Å². The molecule has 1 unspecified atom stereocenters. The Labute approximate surface area is 120 Å². The minimum atomic E-state index is -0.420. The highest BCUT2D eigenvalue weighted by atomic mass is 16.5. The van der Waals surface area contributed by atoms with Crippen molar-refractivity contribution in [2.75, 3.05) is 39.8 Å². The van der Waals surface area contributed by atoms with E-state index in [0.717, 1.165) is 31.9 Å². The van der Waals surface area contributed by atoms with Crippen molar-refractivity contribution < 1.29 is 13.9 Å². The fraction of sp³-hybridized carbons (Fsp3) is 0.667. The molecule has 2 heterocycles. The number of piperazine rings is 1. The summed E-state index contributed by atoms with van der Waals surface area (Å²) in [5.74, 6) is 0.685. The number of carbonyl (C=O) groups is 1. The molecule has 0 aromatic carbocycles. The van der Waals surface area contributed by atoms with Crippen molar-refractivity contribution in [2.24, 2.45) is 0 Å². The SMILES string of the molecule is CCCN1CCN(C(C)c2ccc(C(=O)OC)o2)CC1. The molecule has 5 nitrogen and oxygen atoms in total. The van der Waals surface area contributed by atoms with Gasteiger partial charge >= 0.3 is 5.97 Å². The number of rotatable bonds is 5. The molecule has 0 N–H and O–H groups in total. The predicted molar refractivity (Wildman–Crippen MR) is 76.8 cm³/mol. The highest BCUT2D eigenvalue weighted by Gasteiger charge is 2.24. The van der Waals surface area contributed by atoms with E-state index in [2.05, 4.69) is 28.4 Å². The Bertz CT molecular complexity index is 436. The van der Waals surface area contributed by atoms with Crippen LogP contribution in [-0.4, -0.2) is 55.6 Å². The maximum Gasteiger partial charge on any atom is 0.373 e. The minimum Gasteiger partial charge on any atom is -0.463 e. The zero-order chi connectivity index (χ0) is 14.5. The molecule has 1 saturated heterocycles. The maximum atomic E-state index is 11.4. The topological polar surface area (TPSA) is 45.9 Å². The lowest BCUT2D eigenvalue weighted by atomic mass is 10.2. The standard InChI is InChI=1S/C15H24N2O3/c1-4-7-16-8-10-17(11-9-16)12(2)13-5-6-14(20-13)15(18)19-3/h5-6,12H,4,7-11H2,1-3H3. The number of nitrogens with zero attached hydrogens (tertiary/aromatic N) is 2. The van der Waals surface area contributed by atoms with E-state index in [1.165, 1.54) is 20.1 Å². The molecule has 112 valence electrons. The van der Waals surface area contributed by atoms with Gasteiger partial charge in [0.2, 0.25) is 5.76 Å². The molecule has 20 heavy (non-hydrogen) atoms. The second-order valence-corrected chi connectivity index (χ2v) is 5.25. The number of ether oxygens (including phenoxy) is 1. The van der Waals surface area contributed by atoms with E-state index < -0.39 is 5.97 Å². The first-order chi connectivity index (χ1) is 9.65. The molecule has 2 rings (SSSR count). The lowest BCUT2D eigenvalue weighted by Gasteiger charge is -2.37. The quantitative estimate of drug-likeness (QED) is 0.773. The van der Waals surface area contributed by atoms with Gasteiger partial charge in [0.15, 0.2) is 0 Å². The lowest BCUT2D eigenvalue weighted by Crippen LogP contribution is -2.47. The van der Waals surface area contributed by atoms with Crippen molar-refractivity contribution in [2.45, 2.75) is 26.3 Å². The molecule has 1 aliphatic rings. The summed E-state index contributed by atoms with van der Waals surface area (Å²) < 4.78 is 10.3. The average molecular weight is 280 g/mol. The van der Waals surface area contributed by atoms with Crippen molar-refractivity contribution in [3.05, 3.63) is 23.7 Å². The molecule has 0 bridgehead atoms. The van der Waals surface area contributed by atoms with Gasteiger partial charge in [-0.05, 0) is 32.0 Å². The van der Waals surface area contributed by atoms with Crippen LogP contribution in [0.3, 0.4) is 0 Å². The molecule has 1 fully saturated rings. The van der Waals surface area contributed by atoms with E-state index in [1.807, 2.05) is 6.07 Å². The van der Waals surface area contributed by atoms with Crippen LogP contribution in [0.15, 0.2) is 16.5 Å². The number of furan rings is 1. The molecule has 0 saturated carbocycles. The van der Waals surface area contributed by atoms with Crippen LogP contribution >= 0.6 is 0 Å². The van der Waals surface area contributed by atoms with Gasteiger partial charge in [0.05, 0.1) is 13.2 Å². The van der Waals surface area contributed by atoms with Crippen LogP contribution in [0.25, 0.3) is 0 Å². The fourth-order valence-corrected chi connectivity index (χ4v) is 2.66. The second kappa shape index (κ2) is 6.90. The van der Waals surface area contributed by atoms with Crippen molar-refractivity contribution in [1.82, 2.24) is 9.80 Å². The van der Waals surface area contributed by atoms with Gasteiger partial charge in [-0.1, -0.05) is 6.92 Å². The summed E-state index contributed by atoms with van der Waals surface area (Å²) in [6.07, 6.45) is 1.20. The van der Waals surface area contributed by atoms with Crippen molar-refractivity contribution in [3.63, 3.8) is 0 Å². The Morgan fingerprint density at radius 2 is 2.05 bits per heavy atom. The molecule has 1 aromatic rings. The van der Waals surface area contributed by atoms with Gasteiger partial charge in [-0.3, -0.25) is 4.90 Å². The van der Waals surface area contributed by atoms with Crippen LogP contribution in [0, 0.1) is 0 Å². The van der Waals surface area contributed by atoms with Crippen molar-refractivity contribution in [1.29, 1.82) is 0 Å². The zero-order valence-electron chi connectivity index (χ0n) is 12.6. The molecular formula is C15H24N2O3. The van der Waals surface area contributed by atoms with Crippen molar-refractivity contribution >= 4 is 5.97 Å². The number of hydrogen-bond donors (Lipinski definition) is 0. The lowest BCUT2D eigenvalue weighted by molar-refractivity contribution is 0.0553. The van der Waals surface area contributed by atoms with Crippen LogP contribution < -0.4 is 0 Å². The van der Waals surface area contributed by atoms with E-state index in [1.54, 1.807) is 6.07 Å². The third-order valence-electron chi connectivity index (χ3n) is 3.92. The van der Waals surface area contributed by atoms with E-state index in [4.69, 9.17) is 4.42 Å². The van der Waals surface area contributed by atoms with Crippen LogP contribution in [-0.2, 0) is 4.74 Å². The van der Waals surface area contributed by atoms with Crippen LogP contribution in [0.1, 0.15) is 42.6 Å². The zero-order valence-corrected chi connectivity index (χ0v) is 12.6. The summed E-state index contributed by atoms with van der Waals surface area (Å²) in [5, 5.41) is 0. The summed E-state index contributed by atoms with van der Waals surface area (Å²) in [5.41, 5.74) is 0. The number of hydrogen-bond acceptors (Lipinski definition) is 5. The van der Waals surface area contributed by atoms with Crippen LogP contribution in [0.4, 0.5) is 0 Å². The molecule has 1 aliphatic heterocycles. The number of esters is 1. The van der Waals surface area contributed by atoms with Gasteiger partial charge in [-0.15, -0.1) is 0 Å². The Balaban J connectivity index is 1.93. The monoisotopic (exact) mass is 280 g/mol. The third-order valence-corrected chi connectivity index (χ3v) is 3.92. The Morgan fingerprint density at radius 3 is 2.65 bits per heavy atom. The molecular weight excluding hydrogens is 256 g/mol. The van der Waals surface area contributed by atoms with E-state index in [9.17, 15) is 4.79 Å². The number of carbonyl (C=O) groups excluding carboxylic acids is 1. The summed E-state index contributed by atoms with van der Waals surface area (Å²) in [6.45, 7) is 9.79. The number of methoxy groups -OCH3 is 1. The fourth-order valence-electron chi connectivity index (χ4n) is 2.66. The van der Waals surface area contributed by atoms with Gasteiger partial charge in [0.1, 0.15) is 5.76 Å². The predicted octanol–water partition coefficient (Wildman–Crippen LogP) is 2.15. The molecule has 0 spiro atoms. The molecule has 1 atom stereocenters. The largest absolute Gasteiger partial charge is 0.463 e. The Hall–Kier alpha value is -1.33. The van der Waals surface area contributed by atoms with Crippen LogP contribution in [0.5, 0.6) is 0 Å². The first kappa shape index (κ1) is 15.1. The van der Waals surface area contributed by atoms with Crippen LogP contribution in [0.2, 0.25) is 0 Å². The molecule has 0 amide bonds. The summed E-state index contributed by atoms with van der Waals surface area (Å²) in [7, 11) is 1.36. The first-order valence-electron chi connectivity index (χ1n) is 7.30. The normalized spacial score (nSPS) is 18.9.